The molecule has 1 aliphatic carbocycles. The Morgan fingerprint density at radius 1 is 1.43 bits per heavy atom. The van der Waals surface area contributed by atoms with Crippen molar-refractivity contribution in [2.45, 2.75) is 44.0 Å². The maximum atomic E-state index is 13.7. The largest absolute Gasteiger partial charge is 0.336 e. The Hall–Kier alpha value is -1.14. The minimum Gasteiger partial charge on any atom is -0.336 e. The zero-order chi connectivity index (χ0) is 15.8. The van der Waals surface area contributed by atoms with Gasteiger partial charge in [-0.2, -0.15) is 0 Å². The number of hydrogen-bond acceptors (Lipinski definition) is 3. The van der Waals surface area contributed by atoms with Crippen LogP contribution in [0.2, 0.25) is 0 Å². The fourth-order valence-corrected chi connectivity index (χ4v) is 3.57. The molecule has 2 rings (SSSR count). The third kappa shape index (κ3) is 3.55. The predicted molar refractivity (Wildman–Crippen MR) is 78.5 cm³/mol. The predicted octanol–water partition coefficient (Wildman–Crippen LogP) is 3.08. The van der Waals surface area contributed by atoms with Gasteiger partial charge >= 0.3 is 0 Å². The molecule has 1 aromatic rings. The van der Waals surface area contributed by atoms with Crippen LogP contribution in [0.5, 0.6) is 0 Å². The summed E-state index contributed by atoms with van der Waals surface area (Å²) in [7, 11) is 1.22. The molecule has 0 unspecified atom stereocenters. The molecule has 0 aliphatic heterocycles. The van der Waals surface area contributed by atoms with E-state index >= 15 is 0 Å². The molecule has 0 atom stereocenters. The molecule has 0 saturated heterocycles. The Bertz CT molecular complexity index is 671. The lowest BCUT2D eigenvalue weighted by Crippen LogP contribution is -2.34. The molecule has 0 N–H and O–H groups in total. The highest BCUT2D eigenvalue weighted by Crippen LogP contribution is 2.31. The lowest BCUT2D eigenvalue weighted by molar-refractivity contribution is 0.0741. The van der Waals surface area contributed by atoms with E-state index in [-0.39, 0.29) is 28.0 Å². The van der Waals surface area contributed by atoms with Crippen LogP contribution in [0.3, 0.4) is 0 Å². The standard InChI is InChI=1S/C14H17ClFNO3S/c1-3-6-17(11-4-5-11)14(18)12-7-10(16)8-13(9(12)2)21(15,19)20/h7-8,11H,3-6H2,1-2H3. The van der Waals surface area contributed by atoms with Crippen LogP contribution in [0.25, 0.3) is 0 Å². The van der Waals surface area contributed by atoms with Crippen LogP contribution in [0.4, 0.5) is 4.39 Å². The molecular formula is C14H17ClFNO3S. The van der Waals surface area contributed by atoms with E-state index in [2.05, 4.69) is 0 Å². The Balaban J connectivity index is 2.48. The van der Waals surface area contributed by atoms with Gasteiger partial charge in [0.1, 0.15) is 5.82 Å². The fourth-order valence-electron chi connectivity index (χ4n) is 2.36. The van der Waals surface area contributed by atoms with E-state index in [4.69, 9.17) is 10.7 Å². The smallest absolute Gasteiger partial charge is 0.261 e. The topological polar surface area (TPSA) is 54.5 Å². The van der Waals surface area contributed by atoms with Crippen molar-refractivity contribution in [2.24, 2.45) is 0 Å². The SMILES string of the molecule is CCCN(C(=O)c1cc(F)cc(S(=O)(=O)Cl)c1C)C1CC1. The van der Waals surface area contributed by atoms with Gasteiger partial charge in [-0.25, -0.2) is 12.8 Å². The van der Waals surface area contributed by atoms with Crippen molar-refractivity contribution < 1.29 is 17.6 Å². The van der Waals surface area contributed by atoms with Gasteiger partial charge in [-0.05, 0) is 43.9 Å². The van der Waals surface area contributed by atoms with Gasteiger partial charge in [0.25, 0.3) is 15.0 Å². The number of nitrogens with zero attached hydrogens (tertiary/aromatic N) is 1. The van der Waals surface area contributed by atoms with Crippen LogP contribution in [-0.4, -0.2) is 31.8 Å². The van der Waals surface area contributed by atoms with Gasteiger partial charge in [0.2, 0.25) is 0 Å². The van der Waals surface area contributed by atoms with Gasteiger partial charge in [-0.1, -0.05) is 6.92 Å². The first-order valence-electron chi connectivity index (χ1n) is 6.81. The number of amides is 1. The molecule has 0 bridgehead atoms. The van der Waals surface area contributed by atoms with Crippen molar-refractivity contribution in [1.29, 1.82) is 0 Å². The number of carbonyl (C=O) groups excluding carboxylic acids is 1. The Labute approximate surface area is 128 Å². The maximum absolute atomic E-state index is 13.7. The van der Waals surface area contributed by atoms with Crippen molar-refractivity contribution >= 4 is 25.6 Å². The molecule has 1 aliphatic rings. The zero-order valence-corrected chi connectivity index (χ0v) is 13.5. The van der Waals surface area contributed by atoms with Gasteiger partial charge in [-0.3, -0.25) is 4.79 Å². The van der Waals surface area contributed by atoms with Crippen LogP contribution < -0.4 is 0 Å². The summed E-state index contributed by atoms with van der Waals surface area (Å²) in [4.78, 5) is 13.9. The van der Waals surface area contributed by atoms with E-state index in [1.54, 1.807) is 4.90 Å². The summed E-state index contributed by atoms with van der Waals surface area (Å²) in [5, 5.41) is 0. The van der Waals surface area contributed by atoms with E-state index in [1.807, 2.05) is 6.92 Å². The molecule has 0 radical (unpaired) electrons. The van der Waals surface area contributed by atoms with Crippen LogP contribution in [0.15, 0.2) is 17.0 Å². The molecule has 116 valence electrons. The first-order chi connectivity index (χ1) is 9.75. The maximum Gasteiger partial charge on any atom is 0.261 e. The van der Waals surface area contributed by atoms with Crippen molar-refractivity contribution in [1.82, 2.24) is 4.90 Å². The van der Waals surface area contributed by atoms with Crippen LogP contribution >= 0.6 is 10.7 Å². The number of hydrogen-bond donors (Lipinski definition) is 0. The molecule has 1 amide bonds. The average molecular weight is 334 g/mol. The van der Waals surface area contributed by atoms with Crippen molar-refractivity contribution in [3.05, 3.63) is 29.1 Å². The van der Waals surface area contributed by atoms with Crippen LogP contribution in [0, 0.1) is 12.7 Å². The molecule has 1 fully saturated rings. The number of rotatable bonds is 5. The summed E-state index contributed by atoms with van der Waals surface area (Å²) < 4.78 is 36.7. The third-order valence-corrected chi connectivity index (χ3v) is 4.98. The molecule has 0 spiro atoms. The Kier molecular flexibility index (Phi) is 4.58. The second-order valence-electron chi connectivity index (χ2n) is 5.24. The lowest BCUT2D eigenvalue weighted by Gasteiger charge is -2.23. The van der Waals surface area contributed by atoms with Crippen molar-refractivity contribution in [3.63, 3.8) is 0 Å². The summed E-state index contributed by atoms with van der Waals surface area (Å²) in [6.07, 6.45) is 2.65. The van der Waals surface area contributed by atoms with Gasteiger partial charge in [0.05, 0.1) is 4.90 Å². The number of benzene rings is 1. The summed E-state index contributed by atoms with van der Waals surface area (Å²) in [5.41, 5.74) is 0.257. The van der Waals surface area contributed by atoms with Crippen LogP contribution in [0.1, 0.15) is 42.1 Å². The van der Waals surface area contributed by atoms with E-state index < -0.39 is 14.9 Å². The minimum absolute atomic E-state index is 0.0644. The quantitative estimate of drug-likeness (QED) is 0.778. The zero-order valence-electron chi connectivity index (χ0n) is 11.9. The highest BCUT2D eigenvalue weighted by atomic mass is 35.7. The Morgan fingerprint density at radius 2 is 2.05 bits per heavy atom. The first-order valence-corrected chi connectivity index (χ1v) is 9.12. The molecular weight excluding hydrogens is 317 g/mol. The molecule has 0 heterocycles. The van der Waals surface area contributed by atoms with Gasteiger partial charge in [0, 0.05) is 28.8 Å². The second kappa shape index (κ2) is 5.93. The summed E-state index contributed by atoms with van der Waals surface area (Å²) in [6, 6.07) is 2.10. The normalized spacial score (nSPS) is 15.0. The molecule has 0 aromatic heterocycles. The minimum atomic E-state index is -4.09. The second-order valence-corrected chi connectivity index (χ2v) is 7.78. The van der Waals surface area contributed by atoms with Crippen LogP contribution in [-0.2, 0) is 9.05 Å². The fraction of sp³-hybridized carbons (Fsp3) is 0.500. The van der Waals surface area contributed by atoms with Crippen molar-refractivity contribution in [2.75, 3.05) is 6.54 Å². The number of carbonyl (C=O) groups is 1. The Morgan fingerprint density at radius 3 is 2.52 bits per heavy atom. The highest BCUT2D eigenvalue weighted by molar-refractivity contribution is 8.13. The van der Waals surface area contributed by atoms with E-state index in [0.29, 0.717) is 6.54 Å². The molecule has 1 aromatic carbocycles. The van der Waals surface area contributed by atoms with Gasteiger partial charge < -0.3 is 4.90 Å². The summed E-state index contributed by atoms with van der Waals surface area (Å²) in [6.45, 7) is 4.00. The van der Waals surface area contributed by atoms with E-state index in [1.165, 1.54) is 6.92 Å². The average Bonchev–Trinajstić information content (AvgIpc) is 3.20. The van der Waals surface area contributed by atoms with Gasteiger partial charge in [-0.15, -0.1) is 0 Å². The van der Waals surface area contributed by atoms with E-state index in [9.17, 15) is 17.6 Å². The molecule has 1 saturated carbocycles. The summed E-state index contributed by atoms with van der Waals surface area (Å²) in [5.74, 6) is -1.12. The number of halogens is 2. The molecule has 7 heteroatoms. The molecule has 21 heavy (non-hydrogen) atoms. The van der Waals surface area contributed by atoms with E-state index in [0.717, 1.165) is 31.4 Å². The highest BCUT2D eigenvalue weighted by Gasteiger charge is 2.34. The lowest BCUT2D eigenvalue weighted by atomic mass is 10.1. The van der Waals surface area contributed by atoms with Crippen molar-refractivity contribution in [3.8, 4) is 0 Å². The molecule has 4 nitrogen and oxygen atoms in total. The first kappa shape index (κ1) is 16.2. The monoisotopic (exact) mass is 333 g/mol. The summed E-state index contributed by atoms with van der Waals surface area (Å²) >= 11 is 0. The van der Waals surface area contributed by atoms with Gasteiger partial charge in [0.15, 0.2) is 0 Å². The third-order valence-electron chi connectivity index (χ3n) is 3.53.